The normalized spacial score (nSPS) is 10.2. The van der Waals surface area contributed by atoms with Crippen LogP contribution in [0.2, 0.25) is 0 Å². The lowest BCUT2D eigenvalue weighted by Gasteiger charge is -2.03. The van der Waals surface area contributed by atoms with Crippen molar-refractivity contribution >= 4 is 28.2 Å². The predicted molar refractivity (Wildman–Crippen MR) is 65.9 cm³/mol. The molecule has 0 aliphatic carbocycles. The summed E-state index contributed by atoms with van der Waals surface area (Å²) in [4.78, 5) is 21.7. The number of carbonyl (C=O) groups excluding carboxylic acids is 2. The number of carbonyl (C=O) groups is 2. The molecule has 0 N–H and O–H groups in total. The van der Waals surface area contributed by atoms with Crippen molar-refractivity contribution < 1.29 is 19.1 Å². The molecule has 0 unspecified atom stereocenters. The quantitative estimate of drug-likeness (QED) is 0.363. The van der Waals surface area contributed by atoms with Crippen molar-refractivity contribution in [3.8, 4) is 5.75 Å². The highest BCUT2D eigenvalue weighted by Gasteiger charge is 2.02. The highest BCUT2D eigenvalue weighted by Crippen LogP contribution is 2.21. The minimum Gasteiger partial charge on any atom is -0.464 e. The van der Waals surface area contributed by atoms with Gasteiger partial charge in [-0.1, -0.05) is 15.9 Å². The molecule has 0 amide bonds. The van der Waals surface area contributed by atoms with E-state index in [2.05, 4.69) is 20.7 Å². The molecule has 0 saturated carbocycles. The fourth-order valence-corrected chi connectivity index (χ4v) is 1.45. The SMILES string of the molecule is CCOC(=O)/C=C/Oc1ccc(Br)cc1C=O. The summed E-state index contributed by atoms with van der Waals surface area (Å²) < 4.78 is 10.6. The Morgan fingerprint density at radius 2 is 2.24 bits per heavy atom. The molecule has 0 heterocycles. The van der Waals surface area contributed by atoms with Crippen molar-refractivity contribution in [2.24, 2.45) is 0 Å². The number of benzene rings is 1. The average Bonchev–Trinajstić information content (AvgIpc) is 2.31. The van der Waals surface area contributed by atoms with Crippen LogP contribution in [0.5, 0.6) is 5.75 Å². The summed E-state index contributed by atoms with van der Waals surface area (Å²) in [5, 5.41) is 0. The molecule has 0 atom stereocenters. The lowest BCUT2D eigenvalue weighted by Crippen LogP contribution is -2.00. The van der Waals surface area contributed by atoms with Gasteiger partial charge in [-0.25, -0.2) is 4.79 Å². The van der Waals surface area contributed by atoms with Crippen LogP contribution < -0.4 is 4.74 Å². The summed E-state index contributed by atoms with van der Waals surface area (Å²) in [7, 11) is 0. The molecule has 5 heteroatoms. The third-order valence-corrected chi connectivity index (χ3v) is 2.28. The zero-order valence-electron chi connectivity index (χ0n) is 9.18. The van der Waals surface area contributed by atoms with Gasteiger partial charge in [0.2, 0.25) is 0 Å². The smallest absolute Gasteiger partial charge is 0.333 e. The first-order valence-corrected chi connectivity index (χ1v) is 5.71. The second-order valence-corrected chi connectivity index (χ2v) is 3.89. The first-order chi connectivity index (χ1) is 8.17. The van der Waals surface area contributed by atoms with Crippen LogP contribution in [0, 0.1) is 0 Å². The highest BCUT2D eigenvalue weighted by atomic mass is 79.9. The number of esters is 1. The molecule has 0 saturated heterocycles. The third kappa shape index (κ3) is 4.40. The van der Waals surface area contributed by atoms with Crippen LogP contribution in [-0.4, -0.2) is 18.9 Å². The van der Waals surface area contributed by atoms with E-state index in [4.69, 9.17) is 4.74 Å². The summed E-state index contributed by atoms with van der Waals surface area (Å²) in [6.07, 6.45) is 3.02. The van der Waals surface area contributed by atoms with Crippen molar-refractivity contribution in [2.75, 3.05) is 6.61 Å². The van der Waals surface area contributed by atoms with Crippen LogP contribution in [0.25, 0.3) is 0 Å². The van der Waals surface area contributed by atoms with E-state index < -0.39 is 5.97 Å². The summed E-state index contributed by atoms with van der Waals surface area (Å²) >= 11 is 3.24. The van der Waals surface area contributed by atoms with Crippen molar-refractivity contribution in [1.82, 2.24) is 0 Å². The Balaban J connectivity index is 2.69. The van der Waals surface area contributed by atoms with E-state index in [1.165, 1.54) is 6.26 Å². The van der Waals surface area contributed by atoms with Crippen molar-refractivity contribution in [1.29, 1.82) is 0 Å². The van der Waals surface area contributed by atoms with E-state index in [-0.39, 0.29) is 0 Å². The van der Waals surface area contributed by atoms with Crippen LogP contribution in [0.15, 0.2) is 35.0 Å². The molecule has 4 nitrogen and oxygen atoms in total. The highest BCUT2D eigenvalue weighted by molar-refractivity contribution is 9.10. The van der Waals surface area contributed by atoms with Crippen LogP contribution in [0.3, 0.4) is 0 Å². The molecule has 17 heavy (non-hydrogen) atoms. The van der Waals surface area contributed by atoms with Crippen LogP contribution >= 0.6 is 15.9 Å². The van der Waals surface area contributed by atoms with E-state index >= 15 is 0 Å². The summed E-state index contributed by atoms with van der Waals surface area (Å²) in [5.74, 6) is -0.110. The maximum absolute atomic E-state index is 11.0. The van der Waals surface area contributed by atoms with Gasteiger partial charge in [0.25, 0.3) is 0 Å². The number of hydrogen-bond acceptors (Lipinski definition) is 4. The Labute approximate surface area is 107 Å². The van der Waals surface area contributed by atoms with E-state index in [9.17, 15) is 9.59 Å². The molecule has 0 bridgehead atoms. The number of ether oxygens (including phenoxy) is 2. The standard InChI is InChI=1S/C12H11BrO4/c1-2-16-12(15)5-6-17-11-4-3-10(13)7-9(11)8-14/h3-8H,2H2,1H3/b6-5+. The molecule has 1 aromatic rings. The van der Waals surface area contributed by atoms with Gasteiger partial charge in [0.15, 0.2) is 6.29 Å². The van der Waals surface area contributed by atoms with Gasteiger partial charge in [-0.15, -0.1) is 0 Å². The Hall–Kier alpha value is -1.62. The number of aldehydes is 1. The molecule has 0 fully saturated rings. The van der Waals surface area contributed by atoms with Crippen molar-refractivity contribution in [3.05, 3.63) is 40.6 Å². The topological polar surface area (TPSA) is 52.6 Å². The van der Waals surface area contributed by atoms with Gasteiger partial charge in [-0.05, 0) is 25.1 Å². The van der Waals surface area contributed by atoms with Crippen LogP contribution in [-0.2, 0) is 9.53 Å². The fraction of sp³-hybridized carbons (Fsp3) is 0.167. The van der Waals surface area contributed by atoms with E-state index in [0.29, 0.717) is 24.2 Å². The van der Waals surface area contributed by atoms with Gasteiger partial charge in [-0.2, -0.15) is 0 Å². The average molecular weight is 299 g/mol. The van der Waals surface area contributed by atoms with Crippen LogP contribution in [0.4, 0.5) is 0 Å². The van der Waals surface area contributed by atoms with Gasteiger partial charge in [-0.3, -0.25) is 4.79 Å². The molecule has 90 valence electrons. The molecule has 1 aromatic carbocycles. The molecule has 0 aliphatic rings. The summed E-state index contributed by atoms with van der Waals surface area (Å²) in [6, 6.07) is 4.99. The van der Waals surface area contributed by atoms with Gasteiger partial charge >= 0.3 is 5.97 Å². The maximum Gasteiger partial charge on any atom is 0.333 e. The minimum atomic E-state index is -0.489. The Morgan fingerprint density at radius 1 is 1.47 bits per heavy atom. The largest absolute Gasteiger partial charge is 0.464 e. The van der Waals surface area contributed by atoms with E-state index in [1.807, 2.05) is 0 Å². The zero-order valence-corrected chi connectivity index (χ0v) is 10.8. The molecule has 1 rings (SSSR count). The number of hydrogen-bond donors (Lipinski definition) is 0. The maximum atomic E-state index is 11.0. The lowest BCUT2D eigenvalue weighted by molar-refractivity contribution is -0.137. The predicted octanol–water partition coefficient (Wildman–Crippen LogP) is 2.72. The van der Waals surface area contributed by atoms with Crippen LogP contribution in [0.1, 0.15) is 17.3 Å². The van der Waals surface area contributed by atoms with E-state index in [1.54, 1.807) is 25.1 Å². The van der Waals surface area contributed by atoms with Crippen molar-refractivity contribution in [2.45, 2.75) is 6.92 Å². The molecule has 0 aliphatic heterocycles. The molecule has 0 spiro atoms. The Kier molecular flexibility index (Phi) is 5.42. The fourth-order valence-electron chi connectivity index (χ4n) is 1.07. The minimum absolute atomic E-state index is 0.307. The van der Waals surface area contributed by atoms with Gasteiger partial charge < -0.3 is 9.47 Å². The second-order valence-electron chi connectivity index (χ2n) is 2.97. The Bertz CT molecular complexity index is 440. The van der Waals surface area contributed by atoms with Gasteiger partial charge in [0.1, 0.15) is 5.75 Å². The number of rotatable bonds is 5. The summed E-state index contributed by atoms with van der Waals surface area (Å²) in [6.45, 7) is 2.02. The Morgan fingerprint density at radius 3 is 2.88 bits per heavy atom. The first-order valence-electron chi connectivity index (χ1n) is 4.92. The monoisotopic (exact) mass is 298 g/mol. The van der Waals surface area contributed by atoms with Crippen molar-refractivity contribution in [3.63, 3.8) is 0 Å². The van der Waals surface area contributed by atoms with Gasteiger partial charge in [0, 0.05) is 4.47 Å². The molecule has 0 aromatic heterocycles. The third-order valence-electron chi connectivity index (χ3n) is 1.78. The van der Waals surface area contributed by atoms with Gasteiger partial charge in [0.05, 0.1) is 24.5 Å². The number of halogens is 1. The second kappa shape index (κ2) is 6.85. The molecular formula is C12H11BrO4. The zero-order chi connectivity index (χ0) is 12.7. The summed E-state index contributed by atoms with van der Waals surface area (Å²) in [5.41, 5.74) is 0.396. The lowest BCUT2D eigenvalue weighted by atomic mass is 10.2. The first kappa shape index (κ1) is 13.4. The molecule has 0 radical (unpaired) electrons. The van der Waals surface area contributed by atoms with E-state index in [0.717, 1.165) is 10.5 Å². The molecular weight excluding hydrogens is 288 g/mol.